The first-order valence-electron chi connectivity index (χ1n) is 6.47. The number of hydrogen-bond acceptors (Lipinski definition) is 2. The minimum absolute atomic E-state index is 0.449. The number of aliphatic hydroxyl groups is 1. The Morgan fingerprint density at radius 1 is 1.53 bits per heavy atom. The van der Waals surface area contributed by atoms with Crippen molar-refractivity contribution in [1.29, 1.82) is 0 Å². The molecule has 1 aliphatic carbocycles. The Morgan fingerprint density at radius 3 is 2.88 bits per heavy atom. The van der Waals surface area contributed by atoms with Crippen molar-refractivity contribution in [3.05, 3.63) is 20.8 Å². The molecular formula is C14H21BrOS. The van der Waals surface area contributed by atoms with E-state index in [0.29, 0.717) is 11.8 Å². The molecule has 0 aliphatic heterocycles. The summed E-state index contributed by atoms with van der Waals surface area (Å²) in [7, 11) is 0. The van der Waals surface area contributed by atoms with Crippen LogP contribution in [0.1, 0.15) is 44.4 Å². The van der Waals surface area contributed by atoms with Crippen molar-refractivity contribution in [3.8, 4) is 0 Å². The zero-order valence-electron chi connectivity index (χ0n) is 10.6. The van der Waals surface area contributed by atoms with E-state index in [1.54, 1.807) is 11.3 Å². The minimum Gasteiger partial charge on any atom is -0.389 e. The van der Waals surface area contributed by atoms with Gasteiger partial charge in [0, 0.05) is 15.8 Å². The van der Waals surface area contributed by atoms with Crippen LogP contribution in [-0.2, 0) is 6.42 Å². The van der Waals surface area contributed by atoms with Crippen molar-refractivity contribution in [1.82, 2.24) is 0 Å². The average Bonchev–Trinajstić information content (AvgIpc) is 2.64. The molecule has 0 saturated heterocycles. The van der Waals surface area contributed by atoms with E-state index in [9.17, 15) is 5.11 Å². The molecule has 1 saturated carbocycles. The van der Waals surface area contributed by atoms with Crippen LogP contribution in [-0.4, -0.2) is 10.7 Å². The molecule has 1 N–H and O–H groups in total. The van der Waals surface area contributed by atoms with Gasteiger partial charge in [-0.15, -0.1) is 11.3 Å². The summed E-state index contributed by atoms with van der Waals surface area (Å²) in [5.74, 6) is 1.02. The van der Waals surface area contributed by atoms with Gasteiger partial charge in [0.1, 0.15) is 0 Å². The lowest BCUT2D eigenvalue weighted by molar-refractivity contribution is -0.0648. The quantitative estimate of drug-likeness (QED) is 0.862. The van der Waals surface area contributed by atoms with Crippen molar-refractivity contribution in [3.63, 3.8) is 0 Å². The fourth-order valence-corrected chi connectivity index (χ4v) is 4.76. The highest BCUT2D eigenvalue weighted by atomic mass is 79.9. The standard InChI is InChI=1S/C14H21BrOS/c1-10(2)11-5-3-4-7-14(11,16)9-13-12(15)6-8-17-13/h6,8,10-11,16H,3-5,7,9H2,1-2H3. The SMILES string of the molecule is CC(C)C1CCCCC1(O)Cc1sccc1Br. The topological polar surface area (TPSA) is 20.2 Å². The summed E-state index contributed by atoms with van der Waals surface area (Å²) in [5, 5.41) is 13.1. The maximum Gasteiger partial charge on any atom is 0.0726 e. The smallest absolute Gasteiger partial charge is 0.0726 e. The fourth-order valence-electron chi connectivity index (χ4n) is 3.15. The predicted molar refractivity (Wildman–Crippen MR) is 77.5 cm³/mol. The molecular weight excluding hydrogens is 296 g/mol. The maximum atomic E-state index is 11.0. The Kier molecular flexibility index (Phi) is 4.32. The Hall–Kier alpha value is 0.140. The van der Waals surface area contributed by atoms with Crippen LogP contribution in [0.5, 0.6) is 0 Å². The Bertz CT molecular complexity index is 374. The third-order valence-electron chi connectivity index (χ3n) is 4.03. The highest BCUT2D eigenvalue weighted by Crippen LogP contribution is 2.42. The lowest BCUT2D eigenvalue weighted by Gasteiger charge is -2.42. The van der Waals surface area contributed by atoms with E-state index >= 15 is 0 Å². The molecule has 1 aromatic heterocycles. The molecule has 1 aliphatic rings. The summed E-state index contributed by atoms with van der Waals surface area (Å²) < 4.78 is 1.16. The van der Waals surface area contributed by atoms with Crippen molar-refractivity contribution in [2.45, 2.75) is 51.6 Å². The summed E-state index contributed by atoms with van der Waals surface area (Å²) in [6.07, 6.45) is 5.39. The van der Waals surface area contributed by atoms with Gasteiger partial charge in [-0.2, -0.15) is 0 Å². The van der Waals surface area contributed by atoms with Crippen LogP contribution in [0.2, 0.25) is 0 Å². The van der Waals surface area contributed by atoms with Crippen LogP contribution in [0.3, 0.4) is 0 Å². The van der Waals surface area contributed by atoms with E-state index in [1.165, 1.54) is 24.1 Å². The van der Waals surface area contributed by atoms with E-state index in [1.807, 2.05) is 0 Å². The van der Waals surface area contributed by atoms with Gasteiger partial charge in [-0.25, -0.2) is 0 Å². The largest absolute Gasteiger partial charge is 0.389 e. The number of halogens is 1. The summed E-state index contributed by atoms with van der Waals surface area (Å²) in [6.45, 7) is 4.48. The van der Waals surface area contributed by atoms with E-state index < -0.39 is 5.60 Å². The van der Waals surface area contributed by atoms with Crippen molar-refractivity contribution >= 4 is 27.3 Å². The molecule has 1 fully saturated rings. The van der Waals surface area contributed by atoms with Gasteiger partial charge < -0.3 is 5.11 Å². The molecule has 0 radical (unpaired) electrons. The monoisotopic (exact) mass is 316 g/mol. The molecule has 0 spiro atoms. The first kappa shape index (κ1) is 13.6. The Morgan fingerprint density at radius 2 is 2.29 bits per heavy atom. The van der Waals surface area contributed by atoms with E-state index in [-0.39, 0.29) is 0 Å². The third-order valence-corrected chi connectivity index (χ3v) is 5.95. The second-order valence-electron chi connectivity index (χ2n) is 5.57. The van der Waals surface area contributed by atoms with Gasteiger partial charge in [-0.05, 0) is 52.1 Å². The highest BCUT2D eigenvalue weighted by Gasteiger charge is 2.40. The van der Waals surface area contributed by atoms with E-state index in [0.717, 1.165) is 17.3 Å². The molecule has 1 nitrogen and oxygen atoms in total. The Labute approximate surface area is 116 Å². The summed E-state index contributed by atoms with van der Waals surface area (Å²) in [4.78, 5) is 1.29. The number of hydrogen-bond donors (Lipinski definition) is 1. The molecule has 3 heteroatoms. The van der Waals surface area contributed by atoms with Gasteiger partial charge in [0.15, 0.2) is 0 Å². The van der Waals surface area contributed by atoms with E-state index in [2.05, 4.69) is 41.2 Å². The predicted octanol–water partition coefficient (Wildman–Crippen LogP) is 4.63. The zero-order chi connectivity index (χ0) is 12.5. The zero-order valence-corrected chi connectivity index (χ0v) is 13.0. The average molecular weight is 317 g/mol. The maximum absolute atomic E-state index is 11.0. The number of thiophene rings is 1. The molecule has 0 aromatic carbocycles. The normalized spacial score (nSPS) is 29.8. The second-order valence-corrected chi connectivity index (χ2v) is 7.42. The van der Waals surface area contributed by atoms with Crippen molar-refractivity contribution in [2.75, 3.05) is 0 Å². The lowest BCUT2D eigenvalue weighted by Crippen LogP contribution is -2.45. The molecule has 0 bridgehead atoms. The Balaban J connectivity index is 2.18. The third kappa shape index (κ3) is 2.94. The van der Waals surface area contributed by atoms with Crippen LogP contribution < -0.4 is 0 Å². The molecule has 0 amide bonds. The fraction of sp³-hybridized carbons (Fsp3) is 0.714. The van der Waals surface area contributed by atoms with Crippen LogP contribution in [0, 0.1) is 11.8 Å². The van der Waals surface area contributed by atoms with Gasteiger partial charge in [0.25, 0.3) is 0 Å². The van der Waals surface area contributed by atoms with Gasteiger partial charge in [-0.1, -0.05) is 26.7 Å². The van der Waals surface area contributed by atoms with Crippen LogP contribution in [0.25, 0.3) is 0 Å². The summed E-state index contributed by atoms with van der Waals surface area (Å²) in [5.41, 5.74) is -0.486. The van der Waals surface area contributed by atoms with Crippen molar-refractivity contribution in [2.24, 2.45) is 11.8 Å². The second kappa shape index (κ2) is 5.41. The molecule has 1 heterocycles. The highest BCUT2D eigenvalue weighted by molar-refractivity contribution is 9.10. The van der Waals surface area contributed by atoms with E-state index in [4.69, 9.17) is 0 Å². The van der Waals surface area contributed by atoms with Gasteiger partial charge in [0.05, 0.1) is 5.60 Å². The molecule has 2 atom stereocenters. The first-order valence-corrected chi connectivity index (χ1v) is 8.14. The number of rotatable bonds is 3. The summed E-state index contributed by atoms with van der Waals surface area (Å²) >= 11 is 5.32. The molecule has 2 unspecified atom stereocenters. The van der Waals surface area contributed by atoms with Crippen LogP contribution >= 0.6 is 27.3 Å². The molecule has 17 heavy (non-hydrogen) atoms. The lowest BCUT2D eigenvalue weighted by atomic mass is 9.68. The molecule has 1 aromatic rings. The van der Waals surface area contributed by atoms with Gasteiger partial charge >= 0.3 is 0 Å². The molecule has 2 rings (SSSR count). The van der Waals surface area contributed by atoms with Gasteiger partial charge in [-0.3, -0.25) is 0 Å². The first-order chi connectivity index (χ1) is 8.03. The summed E-state index contributed by atoms with van der Waals surface area (Å²) in [6, 6.07) is 2.08. The minimum atomic E-state index is -0.486. The van der Waals surface area contributed by atoms with Gasteiger partial charge in [0.2, 0.25) is 0 Å². The van der Waals surface area contributed by atoms with Crippen LogP contribution in [0.4, 0.5) is 0 Å². The van der Waals surface area contributed by atoms with Crippen molar-refractivity contribution < 1.29 is 5.11 Å². The van der Waals surface area contributed by atoms with Crippen LogP contribution in [0.15, 0.2) is 15.9 Å². The molecule has 96 valence electrons.